The van der Waals surface area contributed by atoms with Gasteiger partial charge in [-0.1, -0.05) is 6.92 Å². The molecule has 0 bridgehead atoms. The summed E-state index contributed by atoms with van der Waals surface area (Å²) in [6, 6.07) is 4.08. The standard InChI is InChI=1S/C16H21N7O/c1-4-13-19-16(21-20-13)11-7-24-8-12(11)18-15-5-9(2)17-14-6-10(3)22-23(14)15/h5-6,11-12,18H,4,7-8H2,1-3H3,(H,19,20,21)/t11-,12+/m1/s1. The first-order valence-electron chi connectivity index (χ1n) is 8.23. The lowest BCUT2D eigenvalue weighted by Gasteiger charge is -2.18. The van der Waals surface area contributed by atoms with Crippen molar-refractivity contribution in [2.75, 3.05) is 18.5 Å². The summed E-state index contributed by atoms with van der Waals surface area (Å²) in [6.07, 6.45) is 0.843. The van der Waals surface area contributed by atoms with Crippen molar-refractivity contribution in [3.8, 4) is 0 Å². The Bertz CT molecular complexity index is 869. The molecule has 0 aliphatic carbocycles. The van der Waals surface area contributed by atoms with Crippen LogP contribution in [-0.4, -0.2) is 49.0 Å². The number of nitrogens with one attached hydrogen (secondary N) is 2. The number of rotatable bonds is 4. The highest BCUT2D eigenvalue weighted by Gasteiger charge is 2.33. The molecule has 2 N–H and O–H groups in total. The van der Waals surface area contributed by atoms with Crippen molar-refractivity contribution in [3.63, 3.8) is 0 Å². The Balaban J connectivity index is 1.64. The summed E-state index contributed by atoms with van der Waals surface area (Å²) in [5.74, 6) is 2.74. The third-order valence-electron chi connectivity index (χ3n) is 4.31. The van der Waals surface area contributed by atoms with Gasteiger partial charge in [-0.25, -0.2) is 9.97 Å². The Hall–Kier alpha value is -2.48. The summed E-state index contributed by atoms with van der Waals surface area (Å²) in [4.78, 5) is 9.09. The van der Waals surface area contributed by atoms with E-state index in [2.05, 4.69) is 37.5 Å². The number of fused-ring (bicyclic) bond motifs is 1. The number of nitrogens with zero attached hydrogens (tertiary/aromatic N) is 5. The first kappa shape index (κ1) is 15.1. The minimum Gasteiger partial charge on any atom is -0.378 e. The molecule has 0 radical (unpaired) electrons. The van der Waals surface area contributed by atoms with Gasteiger partial charge >= 0.3 is 0 Å². The van der Waals surface area contributed by atoms with Gasteiger partial charge in [0.05, 0.1) is 30.9 Å². The summed E-state index contributed by atoms with van der Waals surface area (Å²) >= 11 is 0. The van der Waals surface area contributed by atoms with Gasteiger partial charge in [0.25, 0.3) is 0 Å². The predicted octanol–water partition coefficient (Wildman–Crippen LogP) is 1.62. The number of aromatic nitrogens is 6. The summed E-state index contributed by atoms with van der Waals surface area (Å²) in [6.45, 7) is 7.24. The van der Waals surface area contributed by atoms with Crippen LogP contribution in [0.1, 0.15) is 35.9 Å². The summed E-state index contributed by atoms with van der Waals surface area (Å²) in [5.41, 5.74) is 2.74. The van der Waals surface area contributed by atoms with E-state index in [4.69, 9.17) is 4.74 Å². The van der Waals surface area contributed by atoms with E-state index in [0.29, 0.717) is 13.2 Å². The van der Waals surface area contributed by atoms with Crippen LogP contribution in [0.15, 0.2) is 12.1 Å². The van der Waals surface area contributed by atoms with E-state index in [-0.39, 0.29) is 12.0 Å². The maximum Gasteiger partial charge on any atom is 0.158 e. The van der Waals surface area contributed by atoms with E-state index >= 15 is 0 Å². The molecule has 24 heavy (non-hydrogen) atoms. The number of hydrogen-bond donors (Lipinski definition) is 2. The van der Waals surface area contributed by atoms with Crippen LogP contribution in [0.3, 0.4) is 0 Å². The number of H-pyrrole nitrogens is 1. The number of anilines is 1. The van der Waals surface area contributed by atoms with Gasteiger partial charge in [-0.15, -0.1) is 0 Å². The molecule has 3 aromatic rings. The van der Waals surface area contributed by atoms with Gasteiger partial charge in [0.15, 0.2) is 11.5 Å². The number of hydrogen-bond acceptors (Lipinski definition) is 6. The molecule has 0 spiro atoms. The molecule has 0 saturated carbocycles. The topological polar surface area (TPSA) is 93.0 Å². The fourth-order valence-electron chi connectivity index (χ4n) is 3.09. The van der Waals surface area contributed by atoms with Gasteiger partial charge in [-0.2, -0.15) is 14.7 Å². The third kappa shape index (κ3) is 2.62. The zero-order chi connectivity index (χ0) is 16.7. The molecule has 3 aromatic heterocycles. The van der Waals surface area contributed by atoms with Gasteiger partial charge in [0.2, 0.25) is 0 Å². The zero-order valence-corrected chi connectivity index (χ0v) is 14.1. The molecule has 4 rings (SSSR count). The third-order valence-corrected chi connectivity index (χ3v) is 4.31. The maximum atomic E-state index is 5.69. The Morgan fingerprint density at radius 1 is 1.25 bits per heavy atom. The minimum absolute atomic E-state index is 0.0972. The molecule has 0 amide bonds. The van der Waals surface area contributed by atoms with E-state index in [0.717, 1.165) is 40.9 Å². The van der Waals surface area contributed by atoms with Gasteiger partial charge < -0.3 is 10.1 Å². The maximum absolute atomic E-state index is 5.69. The Morgan fingerprint density at radius 3 is 2.92 bits per heavy atom. The Kier molecular flexibility index (Phi) is 3.68. The average Bonchev–Trinajstić information content (AvgIpc) is 3.25. The minimum atomic E-state index is 0.0972. The van der Waals surface area contributed by atoms with E-state index in [9.17, 15) is 0 Å². The van der Waals surface area contributed by atoms with Crippen molar-refractivity contribution in [2.45, 2.75) is 39.2 Å². The molecule has 4 heterocycles. The Morgan fingerprint density at radius 2 is 2.12 bits per heavy atom. The molecule has 8 nitrogen and oxygen atoms in total. The van der Waals surface area contributed by atoms with Gasteiger partial charge in [-0.05, 0) is 13.8 Å². The molecule has 0 aromatic carbocycles. The number of aromatic amines is 1. The van der Waals surface area contributed by atoms with Gasteiger partial charge in [0, 0.05) is 24.2 Å². The number of ether oxygens (including phenoxy) is 1. The van der Waals surface area contributed by atoms with Gasteiger partial charge in [-0.3, -0.25) is 5.10 Å². The van der Waals surface area contributed by atoms with E-state index in [1.807, 2.05) is 30.5 Å². The van der Waals surface area contributed by atoms with Crippen molar-refractivity contribution < 1.29 is 4.74 Å². The van der Waals surface area contributed by atoms with Crippen molar-refractivity contribution in [3.05, 3.63) is 35.2 Å². The summed E-state index contributed by atoms with van der Waals surface area (Å²) < 4.78 is 7.53. The molecule has 0 unspecified atom stereocenters. The predicted molar refractivity (Wildman–Crippen MR) is 89.2 cm³/mol. The first-order valence-corrected chi connectivity index (χ1v) is 8.23. The molecular formula is C16H21N7O. The summed E-state index contributed by atoms with van der Waals surface area (Å²) in [7, 11) is 0. The van der Waals surface area contributed by atoms with Crippen molar-refractivity contribution >= 4 is 11.5 Å². The Labute approximate surface area is 139 Å². The van der Waals surface area contributed by atoms with Crippen molar-refractivity contribution in [1.29, 1.82) is 0 Å². The lowest BCUT2D eigenvalue weighted by atomic mass is 10.0. The lowest BCUT2D eigenvalue weighted by molar-refractivity contribution is 0.191. The van der Waals surface area contributed by atoms with Crippen LogP contribution in [0, 0.1) is 13.8 Å². The van der Waals surface area contributed by atoms with Crippen LogP contribution in [-0.2, 0) is 11.2 Å². The fraction of sp³-hybridized carbons (Fsp3) is 0.500. The molecule has 8 heteroatoms. The van der Waals surface area contributed by atoms with Crippen molar-refractivity contribution in [1.82, 2.24) is 29.8 Å². The van der Waals surface area contributed by atoms with Crippen LogP contribution < -0.4 is 5.32 Å². The normalized spacial score (nSPS) is 20.8. The van der Waals surface area contributed by atoms with Crippen LogP contribution >= 0.6 is 0 Å². The second-order valence-electron chi connectivity index (χ2n) is 6.23. The van der Waals surface area contributed by atoms with E-state index in [1.165, 1.54) is 0 Å². The molecule has 1 saturated heterocycles. The molecule has 1 aliphatic heterocycles. The highest BCUT2D eigenvalue weighted by Crippen LogP contribution is 2.26. The molecule has 1 fully saturated rings. The largest absolute Gasteiger partial charge is 0.378 e. The van der Waals surface area contributed by atoms with Gasteiger partial charge in [0.1, 0.15) is 11.6 Å². The highest BCUT2D eigenvalue weighted by molar-refractivity contribution is 5.51. The smallest absolute Gasteiger partial charge is 0.158 e. The second kappa shape index (κ2) is 5.86. The quantitative estimate of drug-likeness (QED) is 0.756. The molecule has 126 valence electrons. The zero-order valence-electron chi connectivity index (χ0n) is 14.1. The molecule has 2 atom stereocenters. The fourth-order valence-corrected chi connectivity index (χ4v) is 3.09. The monoisotopic (exact) mass is 327 g/mol. The lowest BCUT2D eigenvalue weighted by Crippen LogP contribution is -2.28. The molecular weight excluding hydrogens is 306 g/mol. The first-order chi connectivity index (χ1) is 11.6. The highest BCUT2D eigenvalue weighted by atomic mass is 16.5. The average molecular weight is 327 g/mol. The van der Waals surface area contributed by atoms with Crippen LogP contribution in [0.5, 0.6) is 0 Å². The second-order valence-corrected chi connectivity index (χ2v) is 6.23. The molecule has 1 aliphatic rings. The van der Waals surface area contributed by atoms with Crippen molar-refractivity contribution in [2.24, 2.45) is 0 Å². The summed E-state index contributed by atoms with van der Waals surface area (Å²) in [5, 5.41) is 15.4. The van der Waals surface area contributed by atoms with Crippen LogP contribution in [0.2, 0.25) is 0 Å². The van der Waals surface area contributed by atoms with E-state index < -0.39 is 0 Å². The van der Waals surface area contributed by atoms with Crippen LogP contribution in [0.4, 0.5) is 5.82 Å². The van der Waals surface area contributed by atoms with E-state index in [1.54, 1.807) is 0 Å². The number of aryl methyl sites for hydroxylation is 3. The SMILES string of the molecule is CCc1nc([C@@H]2COC[C@@H]2Nc2cc(C)nc3cc(C)nn23)n[nH]1. The van der Waals surface area contributed by atoms with Crippen LogP contribution in [0.25, 0.3) is 5.65 Å².